The Morgan fingerprint density at radius 3 is 2.53 bits per heavy atom. The molecular formula is C14H18BrN3O. The van der Waals surface area contributed by atoms with Gasteiger partial charge < -0.3 is 10.5 Å². The first kappa shape index (κ1) is 13.9. The predicted octanol–water partition coefficient (Wildman–Crippen LogP) is 3.52. The molecule has 2 aromatic rings. The van der Waals surface area contributed by atoms with Crippen molar-refractivity contribution in [1.82, 2.24) is 9.78 Å². The predicted molar refractivity (Wildman–Crippen MR) is 80.9 cm³/mol. The minimum absolute atomic E-state index is 0.0724. The molecule has 0 aliphatic carbocycles. The summed E-state index contributed by atoms with van der Waals surface area (Å²) in [5.41, 5.74) is 7.88. The fourth-order valence-electron chi connectivity index (χ4n) is 1.83. The van der Waals surface area contributed by atoms with Gasteiger partial charge in [0.15, 0.2) is 0 Å². The molecule has 2 N–H and O–H groups in total. The molecule has 1 heterocycles. The fourth-order valence-corrected chi connectivity index (χ4v) is 2.67. The van der Waals surface area contributed by atoms with Gasteiger partial charge in [0.25, 0.3) is 0 Å². The summed E-state index contributed by atoms with van der Waals surface area (Å²) in [6.07, 6.45) is 0. The molecule has 0 radical (unpaired) electrons. The van der Waals surface area contributed by atoms with Crippen molar-refractivity contribution < 1.29 is 4.74 Å². The molecule has 0 unspecified atom stereocenters. The maximum absolute atomic E-state index is 6.14. The highest BCUT2D eigenvalue weighted by molar-refractivity contribution is 9.10. The zero-order chi connectivity index (χ0) is 14.2. The number of ether oxygens (including phenoxy) is 1. The van der Waals surface area contributed by atoms with Gasteiger partial charge in [0.1, 0.15) is 11.6 Å². The van der Waals surface area contributed by atoms with Crippen LogP contribution >= 0.6 is 15.9 Å². The number of rotatable bonds is 2. The largest absolute Gasteiger partial charge is 0.497 e. The Bertz CT molecular complexity index is 599. The number of nitrogens with two attached hydrogens (primary N) is 1. The van der Waals surface area contributed by atoms with Crippen LogP contribution in [0.5, 0.6) is 5.75 Å². The summed E-state index contributed by atoms with van der Waals surface area (Å²) in [4.78, 5) is 0. The topological polar surface area (TPSA) is 53.1 Å². The van der Waals surface area contributed by atoms with E-state index >= 15 is 0 Å². The smallest absolute Gasteiger partial charge is 0.141 e. The number of nitrogen functional groups attached to an aromatic ring is 1. The quantitative estimate of drug-likeness (QED) is 0.919. The van der Waals surface area contributed by atoms with Gasteiger partial charge in [-0.15, -0.1) is 0 Å². The van der Waals surface area contributed by atoms with E-state index in [1.807, 2.05) is 24.3 Å². The summed E-state index contributed by atoms with van der Waals surface area (Å²) < 4.78 is 7.81. The molecule has 0 saturated carbocycles. The van der Waals surface area contributed by atoms with Crippen molar-refractivity contribution in [3.63, 3.8) is 0 Å². The number of nitrogens with zero attached hydrogens (tertiary/aromatic N) is 2. The molecule has 0 atom stereocenters. The van der Waals surface area contributed by atoms with Crippen LogP contribution < -0.4 is 10.5 Å². The van der Waals surface area contributed by atoms with E-state index in [2.05, 4.69) is 41.8 Å². The number of hydrogen-bond acceptors (Lipinski definition) is 3. The third kappa shape index (κ3) is 2.61. The second kappa shape index (κ2) is 4.89. The SMILES string of the molecule is COc1cccc(-n2nc(C(C)(C)C)c(Br)c2N)c1. The molecule has 1 aromatic heterocycles. The Labute approximate surface area is 121 Å². The zero-order valence-electron chi connectivity index (χ0n) is 11.6. The number of methoxy groups -OCH3 is 1. The van der Waals surface area contributed by atoms with E-state index in [0.29, 0.717) is 5.82 Å². The molecule has 0 spiro atoms. The van der Waals surface area contributed by atoms with Crippen LogP contribution in [0, 0.1) is 0 Å². The second-order valence-electron chi connectivity index (χ2n) is 5.41. The fraction of sp³-hybridized carbons (Fsp3) is 0.357. The molecule has 0 amide bonds. The first-order valence-electron chi connectivity index (χ1n) is 6.03. The van der Waals surface area contributed by atoms with Gasteiger partial charge in [0, 0.05) is 11.5 Å². The van der Waals surface area contributed by atoms with Gasteiger partial charge in [-0.25, -0.2) is 4.68 Å². The summed E-state index contributed by atoms with van der Waals surface area (Å²) >= 11 is 3.53. The van der Waals surface area contributed by atoms with E-state index < -0.39 is 0 Å². The average molecular weight is 324 g/mol. The van der Waals surface area contributed by atoms with Crippen molar-refractivity contribution >= 4 is 21.7 Å². The van der Waals surface area contributed by atoms with Gasteiger partial charge in [-0.2, -0.15) is 5.10 Å². The first-order chi connectivity index (χ1) is 8.84. The molecule has 0 aliphatic rings. The third-order valence-electron chi connectivity index (χ3n) is 2.87. The number of benzene rings is 1. The van der Waals surface area contributed by atoms with Crippen LogP contribution in [0.4, 0.5) is 5.82 Å². The molecule has 0 fully saturated rings. The lowest BCUT2D eigenvalue weighted by molar-refractivity contribution is 0.414. The summed E-state index contributed by atoms with van der Waals surface area (Å²) in [6.45, 7) is 6.32. The maximum atomic E-state index is 6.14. The van der Waals surface area contributed by atoms with Crippen molar-refractivity contribution in [3.05, 3.63) is 34.4 Å². The van der Waals surface area contributed by atoms with Crippen LogP contribution in [0.3, 0.4) is 0 Å². The van der Waals surface area contributed by atoms with Crippen LogP contribution in [0.2, 0.25) is 0 Å². The molecule has 102 valence electrons. The molecule has 1 aromatic carbocycles. The van der Waals surface area contributed by atoms with Gasteiger partial charge in [-0.1, -0.05) is 26.8 Å². The highest BCUT2D eigenvalue weighted by Gasteiger charge is 2.24. The van der Waals surface area contributed by atoms with Crippen molar-refractivity contribution in [2.24, 2.45) is 0 Å². The van der Waals surface area contributed by atoms with Crippen molar-refractivity contribution in [3.8, 4) is 11.4 Å². The van der Waals surface area contributed by atoms with Crippen LogP contribution in [-0.4, -0.2) is 16.9 Å². The number of aromatic nitrogens is 2. The van der Waals surface area contributed by atoms with Crippen LogP contribution in [0.1, 0.15) is 26.5 Å². The Morgan fingerprint density at radius 1 is 1.32 bits per heavy atom. The van der Waals surface area contributed by atoms with E-state index in [0.717, 1.165) is 21.6 Å². The summed E-state index contributed by atoms with van der Waals surface area (Å²) in [7, 11) is 1.64. The third-order valence-corrected chi connectivity index (χ3v) is 3.65. The Kier molecular flexibility index (Phi) is 3.58. The van der Waals surface area contributed by atoms with E-state index in [1.165, 1.54) is 0 Å². The minimum atomic E-state index is -0.0724. The molecular weight excluding hydrogens is 306 g/mol. The summed E-state index contributed by atoms with van der Waals surface area (Å²) in [6, 6.07) is 7.66. The lowest BCUT2D eigenvalue weighted by Gasteiger charge is -2.15. The van der Waals surface area contributed by atoms with E-state index in [9.17, 15) is 0 Å². The summed E-state index contributed by atoms with van der Waals surface area (Å²) in [5.74, 6) is 1.37. The minimum Gasteiger partial charge on any atom is -0.497 e. The maximum Gasteiger partial charge on any atom is 0.141 e. The molecule has 0 bridgehead atoms. The van der Waals surface area contributed by atoms with E-state index in [1.54, 1.807) is 11.8 Å². The van der Waals surface area contributed by atoms with Gasteiger partial charge >= 0.3 is 0 Å². The Morgan fingerprint density at radius 2 is 2.00 bits per heavy atom. The lowest BCUT2D eigenvalue weighted by atomic mass is 9.92. The molecule has 4 nitrogen and oxygen atoms in total. The highest BCUT2D eigenvalue weighted by atomic mass is 79.9. The Hall–Kier alpha value is -1.49. The molecule has 5 heteroatoms. The van der Waals surface area contributed by atoms with Gasteiger partial charge in [-0.3, -0.25) is 0 Å². The first-order valence-corrected chi connectivity index (χ1v) is 6.83. The molecule has 19 heavy (non-hydrogen) atoms. The van der Waals surface area contributed by atoms with E-state index in [4.69, 9.17) is 10.5 Å². The standard InChI is InChI=1S/C14H18BrN3O/c1-14(2,3)12-11(15)13(16)18(17-12)9-6-5-7-10(8-9)19-4/h5-8H,16H2,1-4H3. The highest BCUT2D eigenvalue weighted by Crippen LogP contribution is 2.34. The van der Waals surface area contributed by atoms with Gasteiger partial charge in [-0.05, 0) is 28.1 Å². The average Bonchev–Trinajstić information content (AvgIpc) is 2.66. The number of halogens is 1. The molecule has 2 rings (SSSR count). The van der Waals surface area contributed by atoms with Gasteiger partial charge in [0.2, 0.25) is 0 Å². The second-order valence-corrected chi connectivity index (χ2v) is 6.20. The van der Waals surface area contributed by atoms with Crippen LogP contribution in [0.25, 0.3) is 5.69 Å². The molecule has 0 aliphatic heterocycles. The Balaban J connectivity index is 2.57. The van der Waals surface area contributed by atoms with Gasteiger partial charge in [0.05, 0.1) is 23.0 Å². The van der Waals surface area contributed by atoms with Crippen molar-refractivity contribution in [1.29, 1.82) is 0 Å². The normalized spacial score (nSPS) is 11.6. The summed E-state index contributed by atoms with van der Waals surface area (Å²) in [5, 5.41) is 4.62. The van der Waals surface area contributed by atoms with Crippen molar-refractivity contribution in [2.45, 2.75) is 26.2 Å². The number of hydrogen-bond donors (Lipinski definition) is 1. The van der Waals surface area contributed by atoms with Crippen LogP contribution in [-0.2, 0) is 5.41 Å². The lowest BCUT2D eigenvalue weighted by Crippen LogP contribution is -2.13. The van der Waals surface area contributed by atoms with Crippen LogP contribution in [0.15, 0.2) is 28.7 Å². The zero-order valence-corrected chi connectivity index (χ0v) is 13.2. The molecule has 0 saturated heterocycles. The monoisotopic (exact) mass is 323 g/mol. The number of anilines is 1. The van der Waals surface area contributed by atoms with Crippen molar-refractivity contribution in [2.75, 3.05) is 12.8 Å². The van der Waals surface area contributed by atoms with E-state index in [-0.39, 0.29) is 5.41 Å².